The number of hydrogen-bond donors (Lipinski definition) is 1. The third-order valence-electron chi connectivity index (χ3n) is 5.13. The van der Waals surface area contributed by atoms with Crippen LogP contribution in [0.5, 0.6) is 0 Å². The number of nitrogens with two attached hydrogens (primary N) is 1. The van der Waals surface area contributed by atoms with Crippen LogP contribution in [0.4, 0.5) is 0 Å². The number of pyridine rings is 1. The Hall–Kier alpha value is -3.92. The molecule has 168 valence electrons. The van der Waals surface area contributed by atoms with Crippen LogP contribution in [0, 0.1) is 6.92 Å². The Bertz CT molecular complexity index is 1400. The number of fused-ring (bicyclic) bond motifs is 1. The van der Waals surface area contributed by atoms with E-state index < -0.39 is 16.7 Å². The molecule has 4 aromatic rings. The third kappa shape index (κ3) is 4.51. The average Bonchev–Trinajstić information content (AvgIpc) is 3.17. The molecule has 0 spiro atoms. The quantitative estimate of drug-likeness (QED) is 0.468. The van der Waals surface area contributed by atoms with Crippen molar-refractivity contribution in [3.63, 3.8) is 0 Å². The van der Waals surface area contributed by atoms with E-state index in [1.54, 1.807) is 53.8 Å². The van der Waals surface area contributed by atoms with E-state index in [4.69, 9.17) is 5.73 Å². The number of primary amides is 1. The van der Waals surface area contributed by atoms with Gasteiger partial charge in [0.25, 0.3) is 5.91 Å². The van der Waals surface area contributed by atoms with Crippen molar-refractivity contribution >= 4 is 33.5 Å². The molecule has 33 heavy (non-hydrogen) atoms. The van der Waals surface area contributed by atoms with E-state index in [-0.39, 0.29) is 12.5 Å². The number of carbonyl (C=O) groups is 2. The van der Waals surface area contributed by atoms with Crippen molar-refractivity contribution in [2.75, 3.05) is 19.8 Å². The van der Waals surface area contributed by atoms with Crippen LogP contribution >= 0.6 is 0 Å². The maximum atomic E-state index is 12.8. The molecule has 0 fully saturated rings. The van der Waals surface area contributed by atoms with Gasteiger partial charge < -0.3 is 10.6 Å². The molecule has 2 amide bonds. The lowest BCUT2D eigenvalue weighted by atomic mass is 10.1. The first-order valence-electron chi connectivity index (χ1n) is 10.0. The molecular formula is C23H22N6O3S. The van der Waals surface area contributed by atoms with Crippen LogP contribution in [0.3, 0.4) is 0 Å². The van der Waals surface area contributed by atoms with Gasteiger partial charge in [-0.2, -0.15) is 0 Å². The Kier molecular flexibility index (Phi) is 6.01. The van der Waals surface area contributed by atoms with Crippen LogP contribution in [0.1, 0.15) is 15.9 Å². The van der Waals surface area contributed by atoms with E-state index in [1.165, 1.54) is 11.9 Å². The van der Waals surface area contributed by atoms with Crippen molar-refractivity contribution in [2.45, 2.75) is 11.8 Å². The molecule has 10 heteroatoms. The molecule has 0 saturated heterocycles. The molecule has 1 unspecified atom stereocenters. The van der Waals surface area contributed by atoms with Gasteiger partial charge in [-0.1, -0.05) is 6.07 Å². The highest BCUT2D eigenvalue weighted by atomic mass is 32.2. The van der Waals surface area contributed by atoms with Crippen LogP contribution in [0.25, 0.3) is 28.1 Å². The second kappa shape index (κ2) is 8.91. The number of aryl methyl sites for hydroxylation is 1. The number of benzene rings is 1. The summed E-state index contributed by atoms with van der Waals surface area (Å²) in [6.45, 7) is 1.79. The van der Waals surface area contributed by atoms with E-state index in [0.717, 1.165) is 22.2 Å². The summed E-state index contributed by atoms with van der Waals surface area (Å²) in [5.41, 5.74) is 8.80. The molecular weight excluding hydrogens is 440 g/mol. The molecule has 1 atom stereocenters. The zero-order chi connectivity index (χ0) is 23.7. The summed E-state index contributed by atoms with van der Waals surface area (Å²) in [4.78, 5) is 39.1. The zero-order valence-electron chi connectivity index (χ0n) is 18.3. The molecule has 0 aliphatic carbocycles. The molecule has 3 aromatic heterocycles. The fraction of sp³-hybridized carbons (Fsp3) is 0.174. The number of nitrogens with zero attached hydrogens (tertiary/aromatic N) is 5. The maximum Gasteiger partial charge on any atom is 0.254 e. The summed E-state index contributed by atoms with van der Waals surface area (Å²) >= 11 is 0. The Morgan fingerprint density at radius 2 is 1.85 bits per heavy atom. The van der Waals surface area contributed by atoms with Gasteiger partial charge in [-0.3, -0.25) is 23.3 Å². The highest BCUT2D eigenvalue weighted by Gasteiger charge is 2.19. The summed E-state index contributed by atoms with van der Waals surface area (Å²) in [5.74, 6) is -0.594. The average molecular weight is 463 g/mol. The van der Waals surface area contributed by atoms with Gasteiger partial charge in [0.15, 0.2) is 0 Å². The maximum absolute atomic E-state index is 12.8. The van der Waals surface area contributed by atoms with Gasteiger partial charge in [-0.15, -0.1) is 0 Å². The van der Waals surface area contributed by atoms with Gasteiger partial charge >= 0.3 is 0 Å². The molecule has 0 saturated carbocycles. The first-order chi connectivity index (χ1) is 15.7. The summed E-state index contributed by atoms with van der Waals surface area (Å²) < 4.78 is 14.0. The molecule has 9 nitrogen and oxygen atoms in total. The SMILES string of the molecule is Cc1ccnc(-c2cnc(-n3cc(S(C)=O)c4ccc(C(=O)N(C)CC(N)=O)cc43)nc2)c1. The van der Waals surface area contributed by atoms with Crippen molar-refractivity contribution in [3.05, 3.63) is 66.2 Å². The number of carbonyl (C=O) groups excluding carboxylic acids is 2. The zero-order valence-corrected chi connectivity index (χ0v) is 19.2. The second-order valence-corrected chi connectivity index (χ2v) is 9.02. The van der Waals surface area contributed by atoms with E-state index in [0.29, 0.717) is 21.9 Å². The van der Waals surface area contributed by atoms with Crippen LogP contribution in [-0.4, -0.2) is 60.3 Å². The number of aromatic nitrogens is 4. The van der Waals surface area contributed by atoms with Gasteiger partial charge in [-0.25, -0.2) is 9.97 Å². The fourth-order valence-electron chi connectivity index (χ4n) is 3.52. The monoisotopic (exact) mass is 462 g/mol. The molecule has 0 aliphatic rings. The molecule has 3 heterocycles. The lowest BCUT2D eigenvalue weighted by Crippen LogP contribution is -2.35. The van der Waals surface area contributed by atoms with Crippen molar-refractivity contribution < 1.29 is 13.8 Å². The Morgan fingerprint density at radius 1 is 1.12 bits per heavy atom. The standard InChI is InChI=1S/C23H22N6O3S/c1-14-6-7-25-18(8-14)16-10-26-23(27-11-16)29-12-20(33(3)32)17-5-4-15(9-19(17)29)22(31)28(2)13-21(24)30/h4-12H,13H2,1-3H3,(H2,24,30). The predicted octanol–water partition coefficient (Wildman–Crippen LogP) is 2.09. The normalized spacial score (nSPS) is 12.0. The largest absolute Gasteiger partial charge is 0.368 e. The highest BCUT2D eigenvalue weighted by molar-refractivity contribution is 7.84. The second-order valence-electron chi connectivity index (χ2n) is 7.67. The predicted molar refractivity (Wildman–Crippen MR) is 125 cm³/mol. The van der Waals surface area contributed by atoms with Gasteiger partial charge in [0, 0.05) is 54.6 Å². The van der Waals surface area contributed by atoms with Crippen molar-refractivity contribution in [1.29, 1.82) is 0 Å². The van der Waals surface area contributed by atoms with E-state index in [9.17, 15) is 13.8 Å². The van der Waals surface area contributed by atoms with Crippen molar-refractivity contribution in [1.82, 2.24) is 24.4 Å². The summed E-state index contributed by atoms with van der Waals surface area (Å²) in [7, 11) is 0.234. The Labute approximate surface area is 192 Å². The topological polar surface area (TPSA) is 124 Å². The van der Waals surface area contributed by atoms with Gasteiger partial charge in [0.1, 0.15) is 0 Å². The van der Waals surface area contributed by atoms with Crippen LogP contribution in [-0.2, 0) is 15.6 Å². The van der Waals surface area contributed by atoms with Crippen LogP contribution in [0.15, 0.2) is 60.0 Å². The first-order valence-corrected chi connectivity index (χ1v) is 11.6. The molecule has 4 rings (SSSR count). The molecule has 0 aliphatic heterocycles. The van der Waals surface area contributed by atoms with Crippen molar-refractivity contribution in [3.8, 4) is 17.2 Å². The lowest BCUT2D eigenvalue weighted by molar-refractivity contribution is -0.118. The molecule has 0 bridgehead atoms. The highest BCUT2D eigenvalue weighted by Crippen LogP contribution is 2.28. The number of hydrogen-bond acceptors (Lipinski definition) is 6. The van der Waals surface area contributed by atoms with Crippen molar-refractivity contribution in [2.24, 2.45) is 5.73 Å². The lowest BCUT2D eigenvalue weighted by Gasteiger charge is -2.15. The first kappa shape index (κ1) is 22.3. The minimum atomic E-state index is -1.27. The fourth-order valence-corrected chi connectivity index (χ4v) is 4.26. The van der Waals surface area contributed by atoms with E-state index in [2.05, 4.69) is 15.0 Å². The van der Waals surface area contributed by atoms with Gasteiger partial charge in [-0.05, 0) is 36.8 Å². The number of amides is 2. The van der Waals surface area contributed by atoms with E-state index in [1.807, 2.05) is 19.1 Å². The van der Waals surface area contributed by atoms with E-state index >= 15 is 0 Å². The third-order valence-corrected chi connectivity index (χ3v) is 6.08. The van der Waals surface area contributed by atoms with Crippen LogP contribution < -0.4 is 5.73 Å². The number of rotatable bonds is 6. The minimum Gasteiger partial charge on any atom is -0.368 e. The van der Waals surface area contributed by atoms with Gasteiger partial charge in [0.05, 0.1) is 33.5 Å². The number of likely N-dealkylation sites (N-methyl/N-ethyl adjacent to an activating group) is 1. The van der Waals surface area contributed by atoms with Gasteiger partial charge in [0.2, 0.25) is 11.9 Å². The molecule has 1 aromatic carbocycles. The smallest absolute Gasteiger partial charge is 0.254 e. The Morgan fingerprint density at radius 3 is 2.48 bits per heavy atom. The summed E-state index contributed by atoms with van der Waals surface area (Å²) in [5, 5.41) is 0.720. The summed E-state index contributed by atoms with van der Waals surface area (Å²) in [6, 6.07) is 8.90. The Balaban J connectivity index is 1.78. The van der Waals surface area contributed by atoms with Crippen LogP contribution in [0.2, 0.25) is 0 Å². The molecule has 2 N–H and O–H groups in total. The minimum absolute atomic E-state index is 0.195. The molecule has 0 radical (unpaired) electrons. The summed E-state index contributed by atoms with van der Waals surface area (Å²) in [6.07, 6.45) is 8.38.